The van der Waals surface area contributed by atoms with E-state index in [2.05, 4.69) is 4.98 Å². The van der Waals surface area contributed by atoms with E-state index < -0.39 is 5.97 Å². The predicted molar refractivity (Wildman–Crippen MR) is 47.6 cm³/mol. The van der Waals surface area contributed by atoms with Crippen molar-refractivity contribution in [3.8, 4) is 0 Å². The van der Waals surface area contributed by atoms with E-state index in [-0.39, 0.29) is 5.56 Å². The third kappa shape index (κ3) is 1.27. The van der Waals surface area contributed by atoms with Gasteiger partial charge in [-0.15, -0.1) is 0 Å². The average molecular weight is 195 g/mol. The second-order valence-electron chi connectivity index (χ2n) is 2.68. The number of halogens is 1. The quantitative estimate of drug-likeness (QED) is 0.741. The summed E-state index contributed by atoms with van der Waals surface area (Å²) in [4.78, 5) is 13.4. The number of fused-ring (bicyclic) bond motifs is 1. The van der Waals surface area contributed by atoms with Gasteiger partial charge in [-0.05, 0) is 12.1 Å². The highest BCUT2D eigenvalue weighted by Gasteiger charge is 2.03. The molecule has 1 aromatic heterocycles. The number of carboxylic acid groups (broad SMARTS) is 1. The largest absolute Gasteiger partial charge is 0.545 e. The van der Waals surface area contributed by atoms with Crippen molar-refractivity contribution >= 4 is 28.5 Å². The predicted octanol–water partition coefficient (Wildman–Crippen LogP) is 1.18. The molecule has 66 valence electrons. The number of carbonyl (C=O) groups excluding carboxylic acids is 1. The lowest BCUT2D eigenvalue weighted by molar-refractivity contribution is -0.254. The summed E-state index contributed by atoms with van der Waals surface area (Å²) in [5.74, 6) is -1.19. The van der Waals surface area contributed by atoms with Crippen LogP contribution in [0, 0.1) is 0 Å². The van der Waals surface area contributed by atoms with Crippen LogP contribution in [0.15, 0.2) is 24.4 Å². The summed E-state index contributed by atoms with van der Waals surface area (Å²) in [6.45, 7) is 0. The van der Waals surface area contributed by atoms with Crippen molar-refractivity contribution in [2.75, 3.05) is 0 Å². The lowest BCUT2D eigenvalue weighted by Gasteiger charge is -1.98. The Balaban J connectivity index is 2.76. The van der Waals surface area contributed by atoms with Crippen molar-refractivity contribution in [3.63, 3.8) is 0 Å². The van der Waals surface area contributed by atoms with Crippen molar-refractivity contribution in [3.05, 3.63) is 35.0 Å². The second kappa shape index (κ2) is 2.78. The standard InChI is InChI=1S/C9H6ClNO2/c10-5-1-2-6-7(9(12)13)4-11-8(6)3-5/h1-4,11H,(H,12,13)/p-1. The van der Waals surface area contributed by atoms with Gasteiger partial charge in [0.1, 0.15) is 0 Å². The van der Waals surface area contributed by atoms with Gasteiger partial charge in [-0.2, -0.15) is 0 Å². The fraction of sp³-hybridized carbons (Fsp3) is 0. The average Bonchev–Trinajstić information content (AvgIpc) is 2.46. The molecule has 0 amide bonds. The zero-order valence-corrected chi connectivity index (χ0v) is 7.26. The molecule has 3 nitrogen and oxygen atoms in total. The molecule has 13 heavy (non-hydrogen) atoms. The maximum absolute atomic E-state index is 10.6. The number of hydrogen-bond donors (Lipinski definition) is 1. The summed E-state index contributed by atoms with van der Waals surface area (Å²) in [5, 5.41) is 11.8. The lowest BCUT2D eigenvalue weighted by Crippen LogP contribution is -2.21. The number of carboxylic acids is 1. The van der Waals surface area contributed by atoms with Gasteiger partial charge in [-0.3, -0.25) is 0 Å². The van der Waals surface area contributed by atoms with Gasteiger partial charge in [-0.25, -0.2) is 0 Å². The fourth-order valence-corrected chi connectivity index (χ4v) is 1.44. The molecule has 0 fully saturated rings. The number of nitrogens with one attached hydrogen (secondary N) is 1. The molecule has 0 unspecified atom stereocenters. The van der Waals surface area contributed by atoms with E-state index in [4.69, 9.17) is 11.6 Å². The summed E-state index contributed by atoms with van der Waals surface area (Å²) in [6, 6.07) is 4.97. The molecule has 0 atom stereocenters. The molecule has 0 radical (unpaired) electrons. The molecule has 0 bridgehead atoms. The topological polar surface area (TPSA) is 55.9 Å². The van der Waals surface area contributed by atoms with Gasteiger partial charge in [0.05, 0.1) is 5.97 Å². The van der Waals surface area contributed by atoms with Crippen LogP contribution in [0.2, 0.25) is 5.02 Å². The minimum absolute atomic E-state index is 0.159. The first-order chi connectivity index (χ1) is 6.18. The zero-order chi connectivity index (χ0) is 9.42. The second-order valence-corrected chi connectivity index (χ2v) is 3.12. The van der Waals surface area contributed by atoms with Crippen molar-refractivity contribution in [1.82, 2.24) is 4.98 Å². The molecule has 0 saturated carbocycles. The lowest BCUT2D eigenvalue weighted by atomic mass is 10.2. The molecule has 2 aromatic rings. The molecular weight excluding hydrogens is 190 g/mol. The number of aromatic nitrogens is 1. The van der Waals surface area contributed by atoms with E-state index in [1.54, 1.807) is 18.2 Å². The molecule has 0 aliphatic carbocycles. The van der Waals surface area contributed by atoms with E-state index in [0.29, 0.717) is 15.9 Å². The van der Waals surface area contributed by atoms with E-state index in [1.807, 2.05) is 0 Å². The number of H-pyrrole nitrogens is 1. The number of aromatic amines is 1. The molecule has 0 aliphatic heterocycles. The first kappa shape index (κ1) is 8.13. The van der Waals surface area contributed by atoms with Gasteiger partial charge in [0.15, 0.2) is 0 Å². The van der Waals surface area contributed by atoms with Gasteiger partial charge < -0.3 is 14.9 Å². The fourth-order valence-electron chi connectivity index (χ4n) is 1.27. The highest BCUT2D eigenvalue weighted by atomic mass is 35.5. The highest BCUT2D eigenvalue weighted by molar-refractivity contribution is 6.31. The smallest absolute Gasteiger partial charge is 0.0736 e. The SMILES string of the molecule is O=C([O-])c1c[nH]c2cc(Cl)ccc12. The highest BCUT2D eigenvalue weighted by Crippen LogP contribution is 2.21. The van der Waals surface area contributed by atoms with Gasteiger partial charge in [0, 0.05) is 27.7 Å². The van der Waals surface area contributed by atoms with Crippen LogP contribution in [0.3, 0.4) is 0 Å². The Hall–Kier alpha value is -1.48. The summed E-state index contributed by atoms with van der Waals surface area (Å²) in [7, 11) is 0. The van der Waals surface area contributed by atoms with Crippen LogP contribution in [0.4, 0.5) is 0 Å². The summed E-state index contributed by atoms with van der Waals surface area (Å²) in [6.07, 6.45) is 1.40. The third-order valence-electron chi connectivity index (χ3n) is 1.86. The third-order valence-corrected chi connectivity index (χ3v) is 2.10. The van der Waals surface area contributed by atoms with Crippen LogP contribution in [0.5, 0.6) is 0 Å². The molecular formula is C9H5ClNO2-. The monoisotopic (exact) mass is 194 g/mol. The maximum atomic E-state index is 10.6. The van der Waals surface area contributed by atoms with Gasteiger partial charge in [-0.1, -0.05) is 17.7 Å². The van der Waals surface area contributed by atoms with Crippen LogP contribution in [-0.2, 0) is 0 Å². The molecule has 2 rings (SSSR count). The minimum Gasteiger partial charge on any atom is -0.545 e. The van der Waals surface area contributed by atoms with Gasteiger partial charge >= 0.3 is 0 Å². The molecule has 0 saturated heterocycles. The van der Waals surface area contributed by atoms with Crippen molar-refractivity contribution in [2.24, 2.45) is 0 Å². The normalized spacial score (nSPS) is 10.5. The molecule has 1 heterocycles. The summed E-state index contributed by atoms with van der Waals surface area (Å²) in [5.41, 5.74) is 0.860. The van der Waals surface area contributed by atoms with Crippen molar-refractivity contribution in [1.29, 1.82) is 0 Å². The Kier molecular flexibility index (Phi) is 1.74. The summed E-state index contributed by atoms with van der Waals surface area (Å²) < 4.78 is 0. The van der Waals surface area contributed by atoms with E-state index in [9.17, 15) is 9.90 Å². The number of benzene rings is 1. The molecule has 4 heteroatoms. The van der Waals surface area contributed by atoms with Crippen molar-refractivity contribution < 1.29 is 9.90 Å². The van der Waals surface area contributed by atoms with Gasteiger partial charge in [0.2, 0.25) is 0 Å². The summed E-state index contributed by atoms with van der Waals surface area (Å²) >= 11 is 5.72. The number of rotatable bonds is 1. The zero-order valence-electron chi connectivity index (χ0n) is 6.50. The Bertz CT molecular complexity index is 475. The Morgan fingerprint density at radius 2 is 2.23 bits per heavy atom. The first-order valence-electron chi connectivity index (χ1n) is 3.66. The van der Waals surface area contributed by atoms with E-state index in [1.165, 1.54) is 6.20 Å². The number of hydrogen-bond acceptors (Lipinski definition) is 2. The van der Waals surface area contributed by atoms with Crippen LogP contribution >= 0.6 is 11.6 Å². The molecule has 1 N–H and O–H groups in total. The minimum atomic E-state index is -1.19. The van der Waals surface area contributed by atoms with E-state index in [0.717, 1.165) is 0 Å². The maximum Gasteiger partial charge on any atom is 0.0736 e. The first-order valence-corrected chi connectivity index (χ1v) is 4.04. The molecule has 0 spiro atoms. The Morgan fingerprint density at radius 1 is 1.46 bits per heavy atom. The van der Waals surface area contributed by atoms with Crippen LogP contribution in [0.25, 0.3) is 10.9 Å². The van der Waals surface area contributed by atoms with E-state index >= 15 is 0 Å². The molecule has 1 aromatic carbocycles. The van der Waals surface area contributed by atoms with Crippen LogP contribution in [0.1, 0.15) is 10.4 Å². The number of aromatic carboxylic acids is 1. The number of carbonyl (C=O) groups is 1. The van der Waals surface area contributed by atoms with Crippen molar-refractivity contribution in [2.45, 2.75) is 0 Å². The van der Waals surface area contributed by atoms with Gasteiger partial charge in [0.25, 0.3) is 0 Å². The van der Waals surface area contributed by atoms with Crippen LogP contribution < -0.4 is 5.11 Å². The Morgan fingerprint density at radius 3 is 2.92 bits per heavy atom. The van der Waals surface area contributed by atoms with Crippen LogP contribution in [-0.4, -0.2) is 11.0 Å². The molecule has 0 aliphatic rings. The Labute approximate surface area is 78.9 Å².